The van der Waals surface area contributed by atoms with Gasteiger partial charge in [-0.05, 0) is 201 Å². The first-order valence-electron chi connectivity index (χ1n) is 35.8. The molecule has 494 valence electrons. The van der Waals surface area contributed by atoms with Crippen molar-refractivity contribution in [1.82, 2.24) is 19.1 Å². The fourth-order valence-electron chi connectivity index (χ4n) is 15.2. The van der Waals surface area contributed by atoms with Gasteiger partial charge in [0.05, 0.1) is 22.1 Å². The first-order chi connectivity index (χ1) is 51.4. The molecule has 6 nitrogen and oxygen atoms in total. The van der Waals surface area contributed by atoms with Gasteiger partial charge < -0.3 is 9.80 Å². The standard InChI is InChI=1S/C98H72N6/c1-67-32-59-84(60-33-67)101(85-62-55-77(56-63-85)73-43-39-70(40-44-73)69-35-37-71(38-36-69)75-47-51-79(52-48-75)97-99-92-27-12-14-29-95(92)103(97)82-20-8-4-9-21-82)87-61-34-68(2)91(66-87)89-24-16-26-90-88(89)25-17-31-94(90)102(81-18-6-3-7-19-81)86-64-57-78(58-65-86)74-45-41-72(42-46-74)76-49-53-80(54-50-76)98-100-93-28-13-15-30-96(93)104(98)83-22-10-5-11-23-83/h3-66,88,90H,1-2H3. The number of aryl methyl sites for hydroxylation is 2. The molecule has 0 saturated heterocycles. The molecule has 0 fully saturated rings. The van der Waals surface area contributed by atoms with Crippen LogP contribution in [0.25, 0.3) is 117 Å². The number of imidazole rings is 2. The lowest BCUT2D eigenvalue weighted by Crippen LogP contribution is -2.29. The van der Waals surface area contributed by atoms with Crippen LogP contribution in [0.4, 0.5) is 28.4 Å². The van der Waals surface area contributed by atoms with Gasteiger partial charge >= 0.3 is 0 Å². The van der Waals surface area contributed by atoms with Gasteiger partial charge in [0.25, 0.3) is 0 Å². The van der Waals surface area contributed by atoms with Crippen LogP contribution in [0.3, 0.4) is 0 Å². The molecule has 2 aliphatic rings. The molecule has 2 unspecified atom stereocenters. The highest BCUT2D eigenvalue weighted by Gasteiger charge is 2.34. The van der Waals surface area contributed by atoms with Gasteiger partial charge in [-0.15, -0.1) is 0 Å². The quantitative estimate of drug-likeness (QED) is 0.0967. The van der Waals surface area contributed by atoms with Gasteiger partial charge in [-0.25, -0.2) is 9.97 Å². The first kappa shape index (κ1) is 62.8. The number of allylic oxidation sites excluding steroid dienone is 7. The second kappa shape index (κ2) is 27.3. The Kier molecular flexibility index (Phi) is 16.5. The van der Waals surface area contributed by atoms with E-state index in [-0.39, 0.29) is 11.8 Å². The Bertz CT molecular complexity index is 5910. The van der Waals surface area contributed by atoms with E-state index in [1.807, 2.05) is 6.07 Å². The van der Waals surface area contributed by atoms with Crippen LogP contribution < -0.4 is 9.80 Å². The zero-order valence-corrected chi connectivity index (χ0v) is 57.8. The highest BCUT2D eigenvalue weighted by Crippen LogP contribution is 2.48. The highest BCUT2D eigenvalue weighted by molar-refractivity contribution is 5.88. The molecule has 2 aromatic heterocycles. The van der Waals surface area contributed by atoms with Crippen molar-refractivity contribution in [2.24, 2.45) is 11.8 Å². The van der Waals surface area contributed by atoms with E-state index >= 15 is 0 Å². The van der Waals surface area contributed by atoms with Crippen LogP contribution in [-0.4, -0.2) is 19.1 Å². The molecule has 0 spiro atoms. The molecular formula is C98H72N6. The number of aromatic nitrogens is 4. The fourth-order valence-corrected chi connectivity index (χ4v) is 15.2. The third-order valence-corrected chi connectivity index (χ3v) is 20.6. The molecule has 0 aliphatic heterocycles. The second-order valence-corrected chi connectivity index (χ2v) is 27.0. The molecular weight excluding hydrogens is 1260 g/mol. The van der Waals surface area contributed by atoms with Gasteiger partial charge in [0.2, 0.25) is 0 Å². The summed E-state index contributed by atoms with van der Waals surface area (Å²) in [5, 5.41) is 0. The van der Waals surface area contributed by atoms with Crippen LogP contribution in [0.5, 0.6) is 0 Å². The van der Waals surface area contributed by atoms with Gasteiger partial charge in [0, 0.05) is 68.5 Å². The Morgan fingerprint density at radius 2 is 0.606 bits per heavy atom. The third kappa shape index (κ3) is 12.0. The molecule has 104 heavy (non-hydrogen) atoms. The lowest BCUT2D eigenvalue weighted by atomic mass is 9.74. The average Bonchev–Trinajstić information content (AvgIpc) is 1.08. The fraction of sp³-hybridized carbons (Fsp3) is 0.0408. The van der Waals surface area contributed by atoms with Crippen LogP contribution in [0, 0.1) is 25.7 Å². The van der Waals surface area contributed by atoms with Gasteiger partial charge in [0.15, 0.2) is 0 Å². The zero-order valence-electron chi connectivity index (χ0n) is 57.8. The number of hydrogen-bond acceptors (Lipinski definition) is 4. The van der Waals surface area contributed by atoms with Gasteiger partial charge in [-0.2, -0.15) is 0 Å². The van der Waals surface area contributed by atoms with Gasteiger partial charge in [-0.3, -0.25) is 9.13 Å². The van der Waals surface area contributed by atoms with E-state index in [0.717, 1.165) is 112 Å². The maximum absolute atomic E-state index is 5.10. The van der Waals surface area contributed by atoms with Gasteiger partial charge in [-0.1, -0.05) is 279 Å². The molecule has 6 heteroatoms. The van der Waals surface area contributed by atoms with Crippen molar-refractivity contribution >= 4 is 56.1 Å². The number of hydrogen-bond donors (Lipinski definition) is 0. The predicted molar refractivity (Wildman–Crippen MR) is 434 cm³/mol. The number of anilines is 5. The number of para-hydroxylation sites is 7. The molecule has 0 N–H and O–H groups in total. The number of fused-ring (bicyclic) bond motifs is 3. The van der Waals surface area contributed by atoms with Crippen LogP contribution >= 0.6 is 0 Å². The van der Waals surface area contributed by atoms with E-state index < -0.39 is 0 Å². The molecule has 14 aromatic carbocycles. The summed E-state index contributed by atoms with van der Waals surface area (Å²) in [4.78, 5) is 15.0. The summed E-state index contributed by atoms with van der Waals surface area (Å²) in [6, 6.07) is 127. The van der Waals surface area contributed by atoms with Crippen LogP contribution in [0.15, 0.2) is 394 Å². The number of benzene rings is 14. The smallest absolute Gasteiger partial charge is 0.145 e. The van der Waals surface area contributed by atoms with E-state index in [2.05, 4.69) is 415 Å². The lowest BCUT2D eigenvalue weighted by molar-refractivity contribution is 0.627. The third-order valence-electron chi connectivity index (χ3n) is 20.6. The normalized spacial score (nSPS) is 13.9. The molecule has 2 heterocycles. The van der Waals surface area contributed by atoms with Crippen molar-refractivity contribution in [3.8, 4) is 89.8 Å². The summed E-state index contributed by atoms with van der Waals surface area (Å²) in [5.74, 6) is 2.03. The summed E-state index contributed by atoms with van der Waals surface area (Å²) in [6.07, 6.45) is 14.0. The van der Waals surface area contributed by atoms with Crippen molar-refractivity contribution in [1.29, 1.82) is 0 Å². The monoisotopic (exact) mass is 1330 g/mol. The minimum atomic E-state index is 0.0748. The Labute approximate surface area is 607 Å². The van der Waals surface area contributed by atoms with Crippen molar-refractivity contribution in [2.75, 3.05) is 9.80 Å². The van der Waals surface area contributed by atoms with Crippen LogP contribution in [0.1, 0.15) is 16.7 Å². The van der Waals surface area contributed by atoms with Crippen LogP contribution in [-0.2, 0) is 0 Å². The molecule has 0 amide bonds. The zero-order chi connectivity index (χ0) is 69.5. The molecule has 0 bridgehead atoms. The molecule has 0 saturated carbocycles. The van der Waals surface area contributed by atoms with Crippen LogP contribution in [0.2, 0.25) is 0 Å². The maximum atomic E-state index is 5.10. The van der Waals surface area contributed by atoms with E-state index in [9.17, 15) is 0 Å². The molecule has 2 aliphatic carbocycles. The van der Waals surface area contributed by atoms with Crippen molar-refractivity contribution < 1.29 is 0 Å². The number of rotatable bonds is 16. The molecule has 0 radical (unpaired) electrons. The molecule has 16 aromatic rings. The summed E-state index contributed by atoms with van der Waals surface area (Å²) in [6.45, 7) is 4.40. The van der Waals surface area contributed by atoms with Crippen molar-refractivity contribution in [3.05, 3.63) is 411 Å². The first-order valence-corrected chi connectivity index (χ1v) is 35.8. The maximum Gasteiger partial charge on any atom is 0.145 e. The molecule has 2 atom stereocenters. The molecule has 18 rings (SSSR count). The SMILES string of the molecule is Cc1ccc(N(c2ccc(-c3ccc(-c4ccc(-c5ccc(-c6nc7ccccc7n6-c6ccccc6)cc5)cc4)cc3)cc2)c2ccc(C)c(C3=CC=CC4C(N(c5ccccc5)c5ccc(-c6ccc(-c7ccc(-c8nc9ccccc9n8-c8ccccc8)cc7)cc6)cc5)=CC=CC34)c2)cc1. The second-order valence-electron chi connectivity index (χ2n) is 27.0. The Morgan fingerprint density at radius 3 is 1.04 bits per heavy atom. The van der Waals surface area contributed by atoms with E-state index in [1.54, 1.807) is 0 Å². The number of nitrogens with zero attached hydrogens (tertiary/aromatic N) is 6. The summed E-state index contributed by atoms with van der Waals surface area (Å²) < 4.78 is 4.50. The average molecular weight is 1330 g/mol. The van der Waals surface area contributed by atoms with E-state index in [0.29, 0.717) is 0 Å². The summed E-state index contributed by atoms with van der Waals surface area (Å²) in [5.41, 5.74) is 31.9. The minimum Gasteiger partial charge on any atom is -0.314 e. The topological polar surface area (TPSA) is 42.1 Å². The Hall–Kier alpha value is -13.4. The Morgan fingerprint density at radius 1 is 0.279 bits per heavy atom. The summed E-state index contributed by atoms with van der Waals surface area (Å²) in [7, 11) is 0. The highest BCUT2D eigenvalue weighted by atomic mass is 15.2. The Balaban J connectivity index is 0.571. The van der Waals surface area contributed by atoms with E-state index in [1.165, 1.54) is 55.8 Å². The van der Waals surface area contributed by atoms with Crippen molar-refractivity contribution in [3.63, 3.8) is 0 Å². The van der Waals surface area contributed by atoms with E-state index in [4.69, 9.17) is 9.97 Å². The minimum absolute atomic E-state index is 0.0748. The lowest BCUT2D eigenvalue weighted by Gasteiger charge is -2.38. The van der Waals surface area contributed by atoms with Crippen molar-refractivity contribution in [2.45, 2.75) is 13.8 Å². The summed E-state index contributed by atoms with van der Waals surface area (Å²) >= 11 is 0. The predicted octanol–water partition coefficient (Wildman–Crippen LogP) is 25.6. The largest absolute Gasteiger partial charge is 0.314 e. The van der Waals surface area contributed by atoms with Gasteiger partial charge in [0.1, 0.15) is 11.6 Å².